The third-order valence-corrected chi connectivity index (χ3v) is 8.72. The van der Waals surface area contributed by atoms with Crippen LogP contribution in [0.15, 0.2) is 53.4 Å². The second-order valence-corrected chi connectivity index (χ2v) is 10.9. The highest BCUT2D eigenvalue weighted by Crippen LogP contribution is 2.35. The van der Waals surface area contributed by atoms with Gasteiger partial charge in [0.2, 0.25) is 21.8 Å². The van der Waals surface area contributed by atoms with Gasteiger partial charge in [-0.2, -0.15) is 4.31 Å². The molecule has 1 aliphatic carbocycles. The number of carbonyl (C=O) groups is 2. The Morgan fingerprint density at radius 3 is 2.36 bits per heavy atom. The van der Waals surface area contributed by atoms with Crippen molar-refractivity contribution in [3.05, 3.63) is 64.7 Å². The van der Waals surface area contributed by atoms with Crippen LogP contribution in [-0.2, 0) is 26.0 Å². The monoisotopic (exact) mass is 489 g/mol. The summed E-state index contributed by atoms with van der Waals surface area (Å²) in [5.41, 5.74) is 2.47. The predicted octanol–water partition coefficient (Wildman–Crippen LogP) is 3.10. The molecule has 1 aliphatic heterocycles. The number of fused-ring (bicyclic) bond motifs is 1. The van der Waals surface area contributed by atoms with Gasteiger partial charge in [-0.3, -0.25) is 9.59 Å². The van der Waals surface area contributed by atoms with Gasteiger partial charge in [0, 0.05) is 51.1 Å². The van der Waals surface area contributed by atoms with Crippen LogP contribution in [0, 0.1) is 0 Å². The maximum absolute atomic E-state index is 12.8. The van der Waals surface area contributed by atoms with Crippen molar-refractivity contribution in [1.82, 2.24) is 14.1 Å². The summed E-state index contributed by atoms with van der Waals surface area (Å²) >= 11 is 5.85. The van der Waals surface area contributed by atoms with Gasteiger partial charge in [-0.05, 0) is 48.2 Å². The van der Waals surface area contributed by atoms with Gasteiger partial charge < -0.3 is 9.80 Å². The van der Waals surface area contributed by atoms with Crippen LogP contribution in [0.4, 0.5) is 0 Å². The zero-order valence-electron chi connectivity index (χ0n) is 18.6. The highest BCUT2D eigenvalue weighted by molar-refractivity contribution is 7.89. The van der Waals surface area contributed by atoms with Crippen molar-refractivity contribution < 1.29 is 18.0 Å². The fourth-order valence-electron chi connectivity index (χ4n) is 4.59. The van der Waals surface area contributed by atoms with E-state index in [1.165, 1.54) is 27.6 Å². The van der Waals surface area contributed by atoms with E-state index in [4.69, 9.17) is 11.6 Å². The molecular formula is C24H28ClN3O4S. The van der Waals surface area contributed by atoms with Gasteiger partial charge in [0.15, 0.2) is 0 Å². The number of aryl methyl sites for hydroxylation is 1. The lowest BCUT2D eigenvalue weighted by Gasteiger charge is -2.34. The Balaban J connectivity index is 1.27. The summed E-state index contributed by atoms with van der Waals surface area (Å²) < 4.78 is 27.0. The van der Waals surface area contributed by atoms with Gasteiger partial charge >= 0.3 is 0 Å². The van der Waals surface area contributed by atoms with E-state index in [1.807, 2.05) is 12.1 Å². The largest absolute Gasteiger partial charge is 0.340 e. The van der Waals surface area contributed by atoms with E-state index < -0.39 is 10.0 Å². The van der Waals surface area contributed by atoms with Crippen molar-refractivity contribution in [2.24, 2.45) is 0 Å². The highest BCUT2D eigenvalue weighted by atomic mass is 35.5. The fraction of sp³-hybridized carbons (Fsp3) is 0.417. The van der Waals surface area contributed by atoms with Gasteiger partial charge in [-0.1, -0.05) is 35.9 Å². The van der Waals surface area contributed by atoms with E-state index in [0.29, 0.717) is 18.1 Å². The quantitative estimate of drug-likeness (QED) is 0.624. The van der Waals surface area contributed by atoms with Gasteiger partial charge in [0.1, 0.15) is 0 Å². The molecule has 9 heteroatoms. The zero-order chi connectivity index (χ0) is 23.6. The molecule has 176 valence electrons. The molecule has 2 aromatic carbocycles. The molecule has 7 nitrogen and oxygen atoms in total. The van der Waals surface area contributed by atoms with E-state index in [0.717, 1.165) is 12.8 Å². The minimum Gasteiger partial charge on any atom is -0.340 e. The Bertz CT molecular complexity index is 1130. The van der Waals surface area contributed by atoms with Crippen LogP contribution >= 0.6 is 11.6 Å². The number of carbonyl (C=O) groups excluding carboxylic acids is 2. The first-order valence-corrected chi connectivity index (χ1v) is 13.0. The Morgan fingerprint density at radius 1 is 1.00 bits per heavy atom. The second-order valence-electron chi connectivity index (χ2n) is 8.50. The van der Waals surface area contributed by atoms with Crippen molar-refractivity contribution in [1.29, 1.82) is 0 Å². The number of hydrogen-bond donors (Lipinski definition) is 0. The Morgan fingerprint density at radius 2 is 1.67 bits per heavy atom. The third kappa shape index (κ3) is 5.08. The first kappa shape index (κ1) is 23.7. The van der Waals surface area contributed by atoms with Crippen molar-refractivity contribution in [2.75, 3.05) is 33.2 Å². The number of piperazine rings is 1. The van der Waals surface area contributed by atoms with Crippen molar-refractivity contribution in [3.63, 3.8) is 0 Å². The summed E-state index contributed by atoms with van der Waals surface area (Å²) in [5, 5.41) is 0.474. The number of hydrogen-bond acceptors (Lipinski definition) is 4. The minimum atomic E-state index is -3.62. The minimum absolute atomic E-state index is 0.0472. The van der Waals surface area contributed by atoms with Gasteiger partial charge in [0.25, 0.3) is 0 Å². The summed E-state index contributed by atoms with van der Waals surface area (Å²) in [4.78, 5) is 29.0. The van der Waals surface area contributed by atoms with E-state index in [-0.39, 0.29) is 48.7 Å². The first-order valence-electron chi connectivity index (χ1n) is 11.1. The maximum atomic E-state index is 12.8. The van der Waals surface area contributed by atoms with E-state index in [2.05, 4.69) is 12.1 Å². The maximum Gasteiger partial charge on any atom is 0.243 e. The van der Waals surface area contributed by atoms with Crippen LogP contribution in [0.3, 0.4) is 0 Å². The molecule has 1 saturated heterocycles. The molecule has 0 aromatic heterocycles. The number of sulfonamides is 1. The van der Waals surface area contributed by atoms with Gasteiger partial charge in [0.05, 0.1) is 10.9 Å². The van der Waals surface area contributed by atoms with Crippen LogP contribution in [0.5, 0.6) is 0 Å². The predicted molar refractivity (Wildman–Crippen MR) is 126 cm³/mol. The number of nitrogens with zero attached hydrogens (tertiary/aromatic N) is 3. The molecule has 1 heterocycles. The fourth-order valence-corrected chi connectivity index (χ4v) is 6.14. The Hall–Kier alpha value is -2.42. The Kier molecular flexibility index (Phi) is 7.07. The molecule has 0 N–H and O–H groups in total. The standard InChI is InChI=1S/C24H28ClN3O4S/c1-26(22-11-6-18-4-2-3-5-21(18)22)23(29)12-13-24(30)27-14-16-28(17-15-27)33(31,32)20-9-7-19(25)8-10-20/h2-5,7-10,22H,6,11-17H2,1H3/t22-/m0/s1. The lowest BCUT2D eigenvalue weighted by atomic mass is 10.1. The molecule has 0 saturated carbocycles. The number of benzene rings is 2. The highest BCUT2D eigenvalue weighted by Gasteiger charge is 2.31. The van der Waals surface area contributed by atoms with Crippen molar-refractivity contribution in [3.8, 4) is 0 Å². The number of amides is 2. The third-order valence-electron chi connectivity index (χ3n) is 6.56. The molecular weight excluding hydrogens is 462 g/mol. The molecule has 0 radical (unpaired) electrons. The van der Waals surface area contributed by atoms with Gasteiger partial charge in [-0.25, -0.2) is 8.42 Å². The molecule has 2 aliphatic rings. The molecule has 0 bridgehead atoms. The smallest absolute Gasteiger partial charge is 0.243 e. The molecule has 1 atom stereocenters. The summed E-state index contributed by atoms with van der Waals surface area (Å²) in [5.74, 6) is -0.166. The average Bonchev–Trinajstić information content (AvgIpc) is 3.26. The first-order chi connectivity index (χ1) is 15.8. The molecule has 4 rings (SSSR count). The Labute approximate surface area is 200 Å². The normalized spacial score (nSPS) is 18.7. The molecule has 1 fully saturated rings. The van der Waals surface area contributed by atoms with E-state index in [1.54, 1.807) is 29.0 Å². The van der Waals surface area contributed by atoms with E-state index in [9.17, 15) is 18.0 Å². The molecule has 33 heavy (non-hydrogen) atoms. The lowest BCUT2D eigenvalue weighted by Crippen LogP contribution is -2.50. The topological polar surface area (TPSA) is 78.0 Å². The lowest BCUT2D eigenvalue weighted by molar-refractivity contribution is -0.138. The van der Waals surface area contributed by atoms with Crippen LogP contribution < -0.4 is 0 Å². The molecule has 0 spiro atoms. The van der Waals surface area contributed by atoms with Crippen LogP contribution in [0.2, 0.25) is 5.02 Å². The number of halogens is 1. The molecule has 0 unspecified atom stereocenters. The van der Waals surface area contributed by atoms with E-state index >= 15 is 0 Å². The zero-order valence-corrected chi connectivity index (χ0v) is 20.2. The SMILES string of the molecule is CN(C(=O)CCC(=O)N1CCN(S(=O)(=O)c2ccc(Cl)cc2)CC1)[C@H]1CCc2ccccc21. The summed E-state index contributed by atoms with van der Waals surface area (Å²) in [6.45, 7) is 1.07. The van der Waals surface area contributed by atoms with Crippen LogP contribution in [0.25, 0.3) is 0 Å². The van der Waals surface area contributed by atoms with Crippen molar-refractivity contribution in [2.45, 2.75) is 36.6 Å². The molecule has 2 amide bonds. The van der Waals surface area contributed by atoms with Gasteiger partial charge in [-0.15, -0.1) is 0 Å². The summed E-state index contributed by atoms with van der Waals surface area (Å²) in [6.07, 6.45) is 2.14. The molecule has 2 aromatic rings. The van der Waals surface area contributed by atoms with Crippen LogP contribution in [0.1, 0.15) is 36.4 Å². The summed E-state index contributed by atoms with van der Waals surface area (Å²) in [6, 6.07) is 14.3. The average molecular weight is 490 g/mol. The van der Waals surface area contributed by atoms with Crippen LogP contribution in [-0.4, -0.2) is 67.6 Å². The second kappa shape index (κ2) is 9.83. The summed E-state index contributed by atoms with van der Waals surface area (Å²) in [7, 11) is -1.82. The van der Waals surface area contributed by atoms with Crippen molar-refractivity contribution >= 4 is 33.4 Å². The number of rotatable bonds is 6.